The third-order valence-corrected chi connectivity index (χ3v) is 3.86. The van der Waals surface area contributed by atoms with Gasteiger partial charge in [0.1, 0.15) is 0 Å². The van der Waals surface area contributed by atoms with Crippen molar-refractivity contribution in [2.24, 2.45) is 0 Å². The Kier molecular flexibility index (Phi) is 4.40. The Balaban J connectivity index is 2.00. The molecule has 3 aromatic rings. The highest BCUT2D eigenvalue weighted by Gasteiger charge is 2.07. The Morgan fingerprint density at radius 1 is 1.00 bits per heavy atom. The lowest BCUT2D eigenvalue weighted by Crippen LogP contribution is -1.99. The van der Waals surface area contributed by atoms with Gasteiger partial charge in [0.05, 0.1) is 5.69 Å². The van der Waals surface area contributed by atoms with E-state index in [-0.39, 0.29) is 0 Å². The molecule has 2 aromatic carbocycles. The van der Waals surface area contributed by atoms with E-state index in [1.807, 2.05) is 47.0 Å². The summed E-state index contributed by atoms with van der Waals surface area (Å²) in [5.74, 6) is 7.31. The molecule has 0 saturated carbocycles. The Morgan fingerprint density at radius 2 is 1.70 bits per heavy atom. The van der Waals surface area contributed by atoms with E-state index < -0.39 is 0 Å². The first kappa shape index (κ1) is 15.3. The van der Waals surface area contributed by atoms with E-state index >= 15 is 0 Å². The van der Waals surface area contributed by atoms with Gasteiger partial charge >= 0.3 is 0 Å². The Hall–Kier alpha value is -2.64. The average molecular weight is 319 g/mol. The standard InChI is InChI=1S/C19H17N3S/c1-14(2)16-9-11-17(12-10-16)22-18(20-21-19(22)23)13-8-15-6-4-3-5-7-15/h3-7,9-12,14H,1-2H3,(H,21,23). The number of hydrogen-bond donors (Lipinski definition) is 1. The van der Waals surface area contributed by atoms with Crippen LogP contribution in [-0.4, -0.2) is 14.8 Å². The van der Waals surface area contributed by atoms with Gasteiger partial charge in [-0.3, -0.25) is 9.67 Å². The van der Waals surface area contributed by atoms with Crippen molar-refractivity contribution >= 4 is 12.2 Å². The topological polar surface area (TPSA) is 33.6 Å². The number of aromatic nitrogens is 3. The van der Waals surface area contributed by atoms with Crippen LogP contribution in [0.25, 0.3) is 5.69 Å². The van der Waals surface area contributed by atoms with Crippen LogP contribution in [0.3, 0.4) is 0 Å². The van der Waals surface area contributed by atoms with E-state index in [0.717, 1.165) is 11.3 Å². The first-order chi connectivity index (χ1) is 11.1. The molecule has 3 nitrogen and oxygen atoms in total. The molecule has 3 rings (SSSR count). The van der Waals surface area contributed by atoms with Crippen LogP contribution in [-0.2, 0) is 0 Å². The SMILES string of the molecule is CC(C)c1ccc(-n2c(C#Cc3ccccc3)n[nH]c2=S)cc1. The monoisotopic (exact) mass is 319 g/mol. The van der Waals surface area contributed by atoms with Crippen LogP contribution in [0.4, 0.5) is 0 Å². The van der Waals surface area contributed by atoms with Crippen molar-refractivity contribution in [3.05, 3.63) is 76.3 Å². The Labute approximate surface area is 141 Å². The molecular weight excluding hydrogens is 302 g/mol. The summed E-state index contributed by atoms with van der Waals surface area (Å²) in [5, 5.41) is 7.06. The van der Waals surface area contributed by atoms with E-state index in [1.165, 1.54) is 5.56 Å². The van der Waals surface area contributed by atoms with Gasteiger partial charge in [-0.1, -0.05) is 50.1 Å². The molecule has 0 unspecified atom stereocenters. The summed E-state index contributed by atoms with van der Waals surface area (Å²) in [6.45, 7) is 4.35. The molecule has 0 fully saturated rings. The number of nitrogens with one attached hydrogen (secondary N) is 1. The smallest absolute Gasteiger partial charge is 0.211 e. The van der Waals surface area contributed by atoms with Gasteiger partial charge in [0, 0.05) is 5.56 Å². The first-order valence-electron chi connectivity index (χ1n) is 7.50. The lowest BCUT2D eigenvalue weighted by molar-refractivity contribution is 0.864. The predicted octanol–water partition coefficient (Wildman–Crippen LogP) is 4.45. The van der Waals surface area contributed by atoms with Crippen LogP contribution in [0.15, 0.2) is 54.6 Å². The van der Waals surface area contributed by atoms with Crippen molar-refractivity contribution in [3.8, 4) is 17.5 Å². The fourth-order valence-corrected chi connectivity index (χ4v) is 2.52. The van der Waals surface area contributed by atoms with E-state index in [0.29, 0.717) is 16.5 Å². The van der Waals surface area contributed by atoms with Gasteiger partial charge in [-0.2, -0.15) is 0 Å². The third kappa shape index (κ3) is 3.41. The number of H-pyrrole nitrogens is 1. The molecule has 0 aliphatic heterocycles. The zero-order valence-corrected chi connectivity index (χ0v) is 13.9. The molecule has 0 aliphatic carbocycles. The van der Waals surface area contributed by atoms with Crippen LogP contribution in [0.5, 0.6) is 0 Å². The van der Waals surface area contributed by atoms with Crippen LogP contribution < -0.4 is 0 Å². The highest BCUT2D eigenvalue weighted by Crippen LogP contribution is 2.17. The summed E-state index contributed by atoms with van der Waals surface area (Å²) in [7, 11) is 0. The molecular formula is C19H17N3S. The van der Waals surface area contributed by atoms with Crippen LogP contribution in [0.1, 0.15) is 36.7 Å². The summed E-state index contributed by atoms with van der Waals surface area (Å²) >= 11 is 5.35. The van der Waals surface area contributed by atoms with Crippen molar-refractivity contribution in [1.29, 1.82) is 0 Å². The van der Waals surface area contributed by atoms with Crippen molar-refractivity contribution in [3.63, 3.8) is 0 Å². The highest BCUT2D eigenvalue weighted by atomic mass is 32.1. The molecule has 0 aliphatic rings. The number of aromatic amines is 1. The average Bonchev–Trinajstić information content (AvgIpc) is 2.95. The predicted molar refractivity (Wildman–Crippen MR) is 95.3 cm³/mol. The minimum absolute atomic E-state index is 0.499. The van der Waals surface area contributed by atoms with Crippen LogP contribution >= 0.6 is 12.2 Å². The lowest BCUT2D eigenvalue weighted by atomic mass is 10.0. The quantitative estimate of drug-likeness (QED) is 0.559. The van der Waals surface area contributed by atoms with Gasteiger partial charge in [0.2, 0.25) is 10.6 Å². The lowest BCUT2D eigenvalue weighted by Gasteiger charge is -2.07. The second-order valence-electron chi connectivity index (χ2n) is 5.55. The van der Waals surface area contributed by atoms with E-state index in [2.05, 4.69) is 48.0 Å². The summed E-state index contributed by atoms with van der Waals surface area (Å²) in [6, 6.07) is 18.2. The van der Waals surface area contributed by atoms with Crippen LogP contribution in [0, 0.1) is 16.6 Å². The maximum atomic E-state index is 5.35. The number of hydrogen-bond acceptors (Lipinski definition) is 2. The van der Waals surface area contributed by atoms with Crippen molar-refractivity contribution < 1.29 is 0 Å². The maximum Gasteiger partial charge on any atom is 0.211 e. The van der Waals surface area contributed by atoms with Crippen molar-refractivity contribution in [2.45, 2.75) is 19.8 Å². The summed E-state index contributed by atoms with van der Waals surface area (Å²) in [5.41, 5.74) is 3.20. The van der Waals surface area contributed by atoms with Crippen LogP contribution in [0.2, 0.25) is 0 Å². The first-order valence-corrected chi connectivity index (χ1v) is 7.91. The Bertz CT molecular complexity index is 907. The molecule has 23 heavy (non-hydrogen) atoms. The minimum atomic E-state index is 0.499. The molecule has 1 N–H and O–H groups in total. The molecule has 1 heterocycles. The summed E-state index contributed by atoms with van der Waals surface area (Å²) in [6.07, 6.45) is 0. The number of benzene rings is 2. The van der Waals surface area contributed by atoms with Gasteiger partial charge in [0.15, 0.2) is 0 Å². The van der Waals surface area contributed by atoms with Crippen molar-refractivity contribution in [2.75, 3.05) is 0 Å². The van der Waals surface area contributed by atoms with E-state index in [4.69, 9.17) is 12.2 Å². The third-order valence-electron chi connectivity index (χ3n) is 3.58. The van der Waals surface area contributed by atoms with Gasteiger partial charge in [-0.05, 0) is 53.9 Å². The van der Waals surface area contributed by atoms with E-state index in [1.54, 1.807) is 0 Å². The van der Waals surface area contributed by atoms with Gasteiger partial charge < -0.3 is 0 Å². The minimum Gasteiger partial charge on any atom is -0.261 e. The van der Waals surface area contributed by atoms with E-state index in [9.17, 15) is 0 Å². The summed E-state index contributed by atoms with van der Waals surface area (Å²) in [4.78, 5) is 0. The molecule has 0 spiro atoms. The highest BCUT2D eigenvalue weighted by molar-refractivity contribution is 7.71. The normalized spacial score (nSPS) is 10.4. The molecule has 0 bridgehead atoms. The van der Waals surface area contributed by atoms with Gasteiger partial charge in [0.25, 0.3) is 0 Å². The second kappa shape index (κ2) is 6.64. The van der Waals surface area contributed by atoms with Gasteiger partial charge in [-0.25, -0.2) is 0 Å². The maximum absolute atomic E-state index is 5.35. The van der Waals surface area contributed by atoms with Gasteiger partial charge in [-0.15, -0.1) is 5.10 Å². The second-order valence-corrected chi connectivity index (χ2v) is 5.94. The molecule has 0 saturated heterocycles. The molecule has 1 aromatic heterocycles. The molecule has 0 radical (unpaired) electrons. The number of nitrogens with zero attached hydrogens (tertiary/aromatic N) is 2. The number of rotatable bonds is 2. The molecule has 0 atom stereocenters. The molecule has 4 heteroatoms. The fourth-order valence-electron chi connectivity index (χ4n) is 2.28. The van der Waals surface area contributed by atoms with Crippen molar-refractivity contribution in [1.82, 2.24) is 14.8 Å². The molecule has 114 valence electrons. The Morgan fingerprint density at radius 3 is 2.35 bits per heavy atom. The molecule has 0 amide bonds. The fraction of sp³-hybridized carbons (Fsp3) is 0.158. The summed E-state index contributed by atoms with van der Waals surface area (Å²) < 4.78 is 2.40. The largest absolute Gasteiger partial charge is 0.261 e. The zero-order valence-electron chi connectivity index (χ0n) is 13.1. The zero-order chi connectivity index (χ0) is 16.2.